The molecule has 4 aromatic rings. The third kappa shape index (κ3) is 5.41. The molecule has 2 aromatic heterocycles. The van der Waals surface area contributed by atoms with Gasteiger partial charge in [-0.3, -0.25) is 19.4 Å². The normalized spacial score (nSPS) is 14.1. The zero-order chi connectivity index (χ0) is 24.0. The summed E-state index contributed by atoms with van der Waals surface area (Å²) in [5, 5.41) is 4.83. The molecule has 0 atom stereocenters. The Morgan fingerprint density at radius 3 is 2.31 bits per heavy atom. The molecule has 178 valence electrons. The van der Waals surface area contributed by atoms with E-state index in [1.807, 2.05) is 82.6 Å². The lowest BCUT2D eigenvalue weighted by molar-refractivity contribution is 0.0627. The maximum Gasteiger partial charge on any atom is 0.257 e. The summed E-state index contributed by atoms with van der Waals surface area (Å²) in [7, 11) is 1.64. The van der Waals surface area contributed by atoms with E-state index in [-0.39, 0.29) is 5.91 Å². The summed E-state index contributed by atoms with van der Waals surface area (Å²) in [6, 6.07) is 23.8. The van der Waals surface area contributed by atoms with Crippen LogP contribution in [0.5, 0.6) is 5.75 Å². The van der Waals surface area contributed by atoms with Gasteiger partial charge in [-0.15, -0.1) is 0 Å². The maximum absolute atomic E-state index is 13.7. The van der Waals surface area contributed by atoms with Crippen LogP contribution in [0.25, 0.3) is 11.3 Å². The highest BCUT2D eigenvalue weighted by Crippen LogP contribution is 2.26. The number of benzene rings is 2. The van der Waals surface area contributed by atoms with Crippen LogP contribution in [0.3, 0.4) is 0 Å². The Labute approximate surface area is 205 Å². The van der Waals surface area contributed by atoms with E-state index < -0.39 is 0 Å². The Morgan fingerprint density at radius 1 is 0.886 bits per heavy atom. The van der Waals surface area contributed by atoms with Gasteiger partial charge in [0.1, 0.15) is 11.4 Å². The minimum absolute atomic E-state index is 0.0209. The van der Waals surface area contributed by atoms with Gasteiger partial charge in [0, 0.05) is 50.7 Å². The number of rotatable bonds is 7. The summed E-state index contributed by atoms with van der Waals surface area (Å²) < 4.78 is 7.17. The predicted octanol–water partition coefficient (Wildman–Crippen LogP) is 3.96. The van der Waals surface area contributed by atoms with Gasteiger partial charge < -0.3 is 9.64 Å². The van der Waals surface area contributed by atoms with E-state index >= 15 is 0 Å². The quantitative estimate of drug-likeness (QED) is 0.412. The van der Waals surface area contributed by atoms with Crippen LogP contribution in [0.15, 0.2) is 85.2 Å². The fourth-order valence-electron chi connectivity index (χ4n) is 4.39. The van der Waals surface area contributed by atoms with Crippen molar-refractivity contribution >= 4 is 5.91 Å². The van der Waals surface area contributed by atoms with Crippen molar-refractivity contribution < 1.29 is 9.53 Å². The number of amides is 1. The fraction of sp³-hybridized carbons (Fsp3) is 0.250. The van der Waals surface area contributed by atoms with Crippen LogP contribution < -0.4 is 4.74 Å². The Balaban J connectivity index is 1.35. The van der Waals surface area contributed by atoms with Gasteiger partial charge >= 0.3 is 0 Å². The molecule has 0 bridgehead atoms. The van der Waals surface area contributed by atoms with Gasteiger partial charge in [0.05, 0.1) is 24.9 Å². The van der Waals surface area contributed by atoms with Gasteiger partial charge in [-0.25, -0.2) is 0 Å². The van der Waals surface area contributed by atoms with Crippen molar-refractivity contribution in [1.82, 2.24) is 24.6 Å². The zero-order valence-electron chi connectivity index (χ0n) is 19.9. The van der Waals surface area contributed by atoms with Crippen LogP contribution in [-0.2, 0) is 13.1 Å². The molecule has 5 rings (SSSR count). The van der Waals surface area contributed by atoms with Crippen molar-refractivity contribution in [2.24, 2.45) is 0 Å². The first-order valence-electron chi connectivity index (χ1n) is 11.9. The van der Waals surface area contributed by atoms with Crippen molar-refractivity contribution in [1.29, 1.82) is 0 Å². The van der Waals surface area contributed by atoms with E-state index in [9.17, 15) is 4.79 Å². The Morgan fingerprint density at radius 2 is 1.63 bits per heavy atom. The molecule has 1 aliphatic heterocycles. The number of ether oxygens (including phenoxy) is 1. The minimum atomic E-state index is 0.0209. The van der Waals surface area contributed by atoms with Gasteiger partial charge in [0.2, 0.25) is 0 Å². The van der Waals surface area contributed by atoms with Crippen molar-refractivity contribution in [2.75, 3.05) is 33.3 Å². The average Bonchev–Trinajstić information content (AvgIpc) is 3.33. The average molecular weight is 468 g/mol. The Kier molecular flexibility index (Phi) is 6.86. The molecule has 0 spiro atoms. The van der Waals surface area contributed by atoms with E-state index in [2.05, 4.69) is 22.0 Å². The second-order valence-electron chi connectivity index (χ2n) is 8.69. The topological polar surface area (TPSA) is 63.5 Å². The molecule has 7 heteroatoms. The number of nitrogens with zero attached hydrogens (tertiary/aromatic N) is 5. The summed E-state index contributed by atoms with van der Waals surface area (Å²) in [6.45, 7) is 4.40. The first-order valence-corrected chi connectivity index (χ1v) is 11.9. The molecule has 0 radical (unpaired) electrons. The molecule has 0 unspecified atom stereocenters. The fourth-order valence-corrected chi connectivity index (χ4v) is 4.39. The first-order chi connectivity index (χ1) is 17.2. The first kappa shape index (κ1) is 22.8. The summed E-state index contributed by atoms with van der Waals surface area (Å²) in [4.78, 5) is 22.4. The molecule has 3 heterocycles. The van der Waals surface area contributed by atoms with Crippen LogP contribution in [0.1, 0.15) is 21.6 Å². The molecule has 1 aliphatic rings. The molecule has 7 nitrogen and oxygen atoms in total. The van der Waals surface area contributed by atoms with Crippen LogP contribution >= 0.6 is 0 Å². The van der Waals surface area contributed by atoms with E-state index in [0.29, 0.717) is 30.9 Å². The van der Waals surface area contributed by atoms with Gasteiger partial charge in [-0.05, 0) is 42.0 Å². The largest absolute Gasteiger partial charge is 0.497 e. The highest BCUT2D eigenvalue weighted by Gasteiger charge is 2.26. The molecular formula is C28H29N5O2. The number of piperazine rings is 1. The smallest absolute Gasteiger partial charge is 0.257 e. The second-order valence-corrected chi connectivity index (χ2v) is 8.69. The molecule has 2 aromatic carbocycles. The number of hydrogen-bond donors (Lipinski definition) is 0. The minimum Gasteiger partial charge on any atom is -0.497 e. The van der Waals surface area contributed by atoms with Gasteiger partial charge in [0.25, 0.3) is 5.91 Å². The van der Waals surface area contributed by atoms with Crippen molar-refractivity contribution in [3.63, 3.8) is 0 Å². The van der Waals surface area contributed by atoms with Crippen molar-refractivity contribution in [2.45, 2.75) is 13.1 Å². The summed E-state index contributed by atoms with van der Waals surface area (Å²) in [5.41, 5.74) is 4.41. The molecule has 0 aliphatic carbocycles. The maximum atomic E-state index is 13.7. The monoisotopic (exact) mass is 467 g/mol. The number of hydrogen-bond acceptors (Lipinski definition) is 5. The van der Waals surface area contributed by atoms with Crippen molar-refractivity contribution in [3.8, 4) is 17.0 Å². The Hall–Kier alpha value is -3.97. The van der Waals surface area contributed by atoms with Gasteiger partial charge in [-0.2, -0.15) is 5.10 Å². The van der Waals surface area contributed by atoms with Crippen molar-refractivity contribution in [3.05, 3.63) is 102 Å². The highest BCUT2D eigenvalue weighted by atomic mass is 16.5. The molecular weight excluding hydrogens is 438 g/mol. The number of pyridine rings is 1. The van der Waals surface area contributed by atoms with E-state index in [4.69, 9.17) is 9.84 Å². The number of methoxy groups -OCH3 is 1. The summed E-state index contributed by atoms with van der Waals surface area (Å²) in [6.07, 6.45) is 3.71. The van der Waals surface area contributed by atoms with E-state index in [1.54, 1.807) is 7.11 Å². The van der Waals surface area contributed by atoms with Crippen LogP contribution in [0, 0.1) is 0 Å². The lowest BCUT2D eigenvalue weighted by Crippen LogP contribution is -2.48. The predicted molar refractivity (Wildman–Crippen MR) is 135 cm³/mol. The second kappa shape index (κ2) is 10.5. The lowest BCUT2D eigenvalue weighted by atomic mass is 10.1. The third-order valence-electron chi connectivity index (χ3n) is 6.31. The molecule has 1 saturated heterocycles. The van der Waals surface area contributed by atoms with Gasteiger partial charge in [-0.1, -0.05) is 36.4 Å². The van der Waals surface area contributed by atoms with E-state index in [1.165, 1.54) is 0 Å². The summed E-state index contributed by atoms with van der Waals surface area (Å²) >= 11 is 0. The molecule has 35 heavy (non-hydrogen) atoms. The lowest BCUT2D eigenvalue weighted by Gasteiger charge is -2.34. The highest BCUT2D eigenvalue weighted by molar-refractivity contribution is 6.00. The molecule has 0 N–H and O–H groups in total. The summed E-state index contributed by atoms with van der Waals surface area (Å²) in [5.74, 6) is 0.794. The van der Waals surface area contributed by atoms with Crippen LogP contribution in [0.4, 0.5) is 0 Å². The zero-order valence-corrected chi connectivity index (χ0v) is 19.9. The van der Waals surface area contributed by atoms with Crippen LogP contribution in [-0.4, -0.2) is 63.8 Å². The molecule has 1 amide bonds. The van der Waals surface area contributed by atoms with Gasteiger partial charge in [0.15, 0.2) is 0 Å². The van der Waals surface area contributed by atoms with E-state index in [0.717, 1.165) is 42.2 Å². The Bertz CT molecular complexity index is 1250. The number of aromatic nitrogens is 3. The SMILES string of the molecule is COc1ccc(-c2nn(Cc3ccccc3)cc2C(=O)N2CCN(Cc3ccccn3)CC2)cc1. The number of carbonyl (C=O) groups excluding carboxylic acids is 1. The number of carbonyl (C=O) groups is 1. The molecule has 1 fully saturated rings. The molecule has 0 saturated carbocycles. The third-order valence-corrected chi connectivity index (χ3v) is 6.31. The standard InChI is InChI=1S/C28H29N5O2/c1-35-25-12-10-23(11-13-25)27-26(21-33(30-27)19-22-7-3-2-4-8-22)28(34)32-17-15-31(16-18-32)20-24-9-5-6-14-29-24/h2-14,21H,15-20H2,1H3. The van der Waals surface area contributed by atoms with Crippen LogP contribution in [0.2, 0.25) is 0 Å².